The van der Waals surface area contributed by atoms with Gasteiger partial charge in [-0.15, -0.1) is 0 Å². The lowest BCUT2D eigenvalue weighted by Crippen LogP contribution is -2.30. The predicted molar refractivity (Wildman–Crippen MR) is 90.4 cm³/mol. The third-order valence-corrected chi connectivity index (χ3v) is 3.94. The van der Waals surface area contributed by atoms with Crippen molar-refractivity contribution in [2.24, 2.45) is 0 Å². The molecular formula is C17H15BrN2O3. The molecule has 0 bridgehead atoms. The maximum absolute atomic E-state index is 12.1. The predicted octanol–water partition coefficient (Wildman–Crippen LogP) is 3.49. The molecule has 0 amide bonds. The van der Waals surface area contributed by atoms with Crippen LogP contribution < -0.4 is 4.74 Å². The first kappa shape index (κ1) is 15.6. The van der Waals surface area contributed by atoms with Crippen LogP contribution >= 0.6 is 15.9 Å². The summed E-state index contributed by atoms with van der Waals surface area (Å²) in [4.78, 5) is 19.3. The molecule has 3 aromatic rings. The molecule has 2 aromatic heterocycles. The zero-order chi connectivity index (χ0) is 16.2. The molecule has 0 radical (unpaired) electrons. The number of hydrogen-bond donors (Lipinski definition) is 1. The molecule has 118 valence electrons. The second kappa shape index (κ2) is 6.83. The third kappa shape index (κ3) is 3.53. The third-order valence-electron chi connectivity index (χ3n) is 3.50. The van der Waals surface area contributed by atoms with E-state index < -0.39 is 12.1 Å². The number of aromatic nitrogens is 2. The normalized spacial score (nSPS) is 12.1. The van der Waals surface area contributed by atoms with Crippen LogP contribution in [0.2, 0.25) is 0 Å². The molecule has 0 saturated carbocycles. The average Bonchev–Trinajstić information content (AvgIpc) is 2.97. The van der Waals surface area contributed by atoms with E-state index in [4.69, 9.17) is 9.47 Å². The number of pyridine rings is 1. The lowest BCUT2D eigenvalue weighted by atomic mass is 10.1. The van der Waals surface area contributed by atoms with Crippen LogP contribution in [0.4, 0.5) is 0 Å². The van der Waals surface area contributed by atoms with Gasteiger partial charge in [-0.25, -0.2) is 4.79 Å². The van der Waals surface area contributed by atoms with Gasteiger partial charge in [-0.2, -0.15) is 0 Å². The lowest BCUT2D eigenvalue weighted by molar-refractivity contribution is -0.148. The molecule has 0 saturated heterocycles. The first-order chi connectivity index (χ1) is 11.2. The van der Waals surface area contributed by atoms with Crippen LogP contribution in [-0.2, 0) is 16.0 Å². The second-order valence-corrected chi connectivity index (χ2v) is 5.95. The highest BCUT2D eigenvalue weighted by atomic mass is 79.9. The minimum atomic E-state index is -0.740. The van der Waals surface area contributed by atoms with Gasteiger partial charge in [-0.3, -0.25) is 4.98 Å². The van der Waals surface area contributed by atoms with Crippen LogP contribution in [0.15, 0.2) is 53.4 Å². The number of esters is 1. The van der Waals surface area contributed by atoms with Crippen LogP contribution in [0.1, 0.15) is 5.56 Å². The van der Waals surface area contributed by atoms with Crippen LogP contribution in [0.5, 0.6) is 5.75 Å². The molecular weight excluding hydrogens is 360 g/mol. The van der Waals surface area contributed by atoms with Gasteiger partial charge in [0, 0.05) is 34.2 Å². The first-order valence-electron chi connectivity index (χ1n) is 7.07. The minimum absolute atomic E-state index is 0.406. The van der Waals surface area contributed by atoms with Gasteiger partial charge >= 0.3 is 5.97 Å². The molecule has 2 heterocycles. The van der Waals surface area contributed by atoms with Gasteiger partial charge in [0.25, 0.3) is 0 Å². The largest absolute Gasteiger partial charge is 0.477 e. The summed E-state index contributed by atoms with van der Waals surface area (Å²) in [5, 5.41) is 1.07. The zero-order valence-electron chi connectivity index (χ0n) is 12.5. The van der Waals surface area contributed by atoms with Crippen molar-refractivity contribution in [1.29, 1.82) is 0 Å². The fourth-order valence-electron chi connectivity index (χ4n) is 2.43. The summed E-state index contributed by atoms with van der Waals surface area (Å²) >= 11 is 3.34. The number of nitrogens with one attached hydrogen (secondary N) is 1. The van der Waals surface area contributed by atoms with Crippen molar-refractivity contribution in [2.45, 2.75) is 12.5 Å². The van der Waals surface area contributed by atoms with E-state index in [1.54, 1.807) is 18.5 Å². The zero-order valence-corrected chi connectivity index (χ0v) is 14.0. The van der Waals surface area contributed by atoms with E-state index in [2.05, 4.69) is 25.9 Å². The number of hydrogen-bond acceptors (Lipinski definition) is 4. The minimum Gasteiger partial charge on any atom is -0.477 e. The summed E-state index contributed by atoms with van der Waals surface area (Å²) in [6.07, 6.45) is 4.78. The van der Waals surface area contributed by atoms with Crippen LogP contribution in [0.25, 0.3) is 10.9 Å². The number of carbonyl (C=O) groups is 1. The molecule has 0 fully saturated rings. The smallest absolute Gasteiger partial charge is 0.347 e. The Bertz CT molecular complexity index is 831. The summed E-state index contributed by atoms with van der Waals surface area (Å²) in [6.45, 7) is 0. The molecule has 23 heavy (non-hydrogen) atoms. The number of H-pyrrole nitrogens is 1. The molecule has 5 nitrogen and oxygen atoms in total. The van der Waals surface area contributed by atoms with E-state index in [9.17, 15) is 4.79 Å². The highest BCUT2D eigenvalue weighted by Gasteiger charge is 2.23. The Balaban J connectivity index is 1.86. The standard InChI is InChI=1S/C17H15BrN2O3/c1-22-17(21)16(23-13-7-12(18)9-19-10-13)6-11-8-20-15-5-3-2-4-14(11)15/h2-5,7-10,16,20H,6H2,1H3. The Hall–Kier alpha value is -2.34. The maximum Gasteiger partial charge on any atom is 0.347 e. The van der Waals surface area contributed by atoms with Gasteiger partial charge in [0.2, 0.25) is 0 Å². The number of carbonyl (C=O) groups excluding carboxylic acids is 1. The van der Waals surface area contributed by atoms with Crippen molar-refractivity contribution >= 4 is 32.8 Å². The van der Waals surface area contributed by atoms with Gasteiger partial charge in [0.15, 0.2) is 6.10 Å². The van der Waals surface area contributed by atoms with Gasteiger partial charge in [0.05, 0.1) is 13.3 Å². The van der Waals surface area contributed by atoms with Crippen molar-refractivity contribution in [2.75, 3.05) is 7.11 Å². The Morgan fingerprint density at radius 1 is 1.35 bits per heavy atom. The van der Waals surface area contributed by atoms with Crippen LogP contribution in [-0.4, -0.2) is 29.2 Å². The Labute approximate surface area is 141 Å². The molecule has 0 spiro atoms. The number of ether oxygens (including phenoxy) is 2. The molecule has 0 aliphatic carbocycles. The molecule has 1 unspecified atom stereocenters. The van der Waals surface area contributed by atoms with E-state index >= 15 is 0 Å². The summed E-state index contributed by atoms with van der Waals surface area (Å²) in [5.41, 5.74) is 2.02. The first-order valence-corrected chi connectivity index (χ1v) is 7.86. The van der Waals surface area contributed by atoms with Crippen LogP contribution in [0, 0.1) is 0 Å². The number of halogens is 1. The Morgan fingerprint density at radius 3 is 2.96 bits per heavy atom. The van der Waals surface area contributed by atoms with E-state index in [-0.39, 0.29) is 0 Å². The van der Waals surface area contributed by atoms with Crippen molar-refractivity contribution in [3.63, 3.8) is 0 Å². The van der Waals surface area contributed by atoms with E-state index in [0.29, 0.717) is 12.2 Å². The molecule has 3 rings (SSSR count). The molecule has 1 N–H and O–H groups in total. The Kier molecular flexibility index (Phi) is 4.62. The number of benzene rings is 1. The molecule has 0 aliphatic heterocycles. The number of methoxy groups -OCH3 is 1. The lowest BCUT2D eigenvalue weighted by Gasteiger charge is -2.16. The topological polar surface area (TPSA) is 64.2 Å². The number of fused-ring (bicyclic) bond motifs is 1. The van der Waals surface area contributed by atoms with Gasteiger partial charge in [-0.05, 0) is 33.6 Å². The number of para-hydroxylation sites is 1. The van der Waals surface area contributed by atoms with E-state index in [1.807, 2.05) is 30.5 Å². The monoisotopic (exact) mass is 374 g/mol. The van der Waals surface area contributed by atoms with Gasteiger partial charge < -0.3 is 14.5 Å². The number of rotatable bonds is 5. The fraction of sp³-hybridized carbons (Fsp3) is 0.176. The maximum atomic E-state index is 12.1. The molecule has 1 aromatic carbocycles. The van der Waals surface area contributed by atoms with Crippen LogP contribution in [0.3, 0.4) is 0 Å². The molecule has 6 heteroatoms. The van der Waals surface area contributed by atoms with Crippen molar-refractivity contribution in [3.8, 4) is 5.75 Å². The van der Waals surface area contributed by atoms with Crippen molar-refractivity contribution in [3.05, 3.63) is 59.0 Å². The highest BCUT2D eigenvalue weighted by Crippen LogP contribution is 2.22. The summed E-state index contributed by atoms with van der Waals surface area (Å²) in [5.74, 6) is 0.0878. The van der Waals surface area contributed by atoms with Gasteiger partial charge in [0.1, 0.15) is 5.75 Å². The Morgan fingerprint density at radius 2 is 2.17 bits per heavy atom. The quantitative estimate of drug-likeness (QED) is 0.694. The number of aromatic amines is 1. The highest BCUT2D eigenvalue weighted by molar-refractivity contribution is 9.10. The average molecular weight is 375 g/mol. The molecule has 1 atom stereocenters. The SMILES string of the molecule is COC(=O)C(Cc1c[nH]c2ccccc12)Oc1cncc(Br)c1. The number of nitrogens with zero attached hydrogens (tertiary/aromatic N) is 1. The van der Waals surface area contributed by atoms with Gasteiger partial charge in [-0.1, -0.05) is 18.2 Å². The van der Waals surface area contributed by atoms with E-state index in [0.717, 1.165) is 20.9 Å². The van der Waals surface area contributed by atoms with Crippen molar-refractivity contribution in [1.82, 2.24) is 9.97 Å². The fourth-order valence-corrected chi connectivity index (χ4v) is 2.77. The van der Waals surface area contributed by atoms with E-state index in [1.165, 1.54) is 7.11 Å². The summed E-state index contributed by atoms with van der Waals surface area (Å²) in [6, 6.07) is 9.69. The second-order valence-electron chi connectivity index (χ2n) is 5.03. The summed E-state index contributed by atoms with van der Waals surface area (Å²) in [7, 11) is 1.35. The summed E-state index contributed by atoms with van der Waals surface area (Å²) < 4.78 is 11.4. The molecule has 0 aliphatic rings. The van der Waals surface area contributed by atoms with Crippen molar-refractivity contribution < 1.29 is 14.3 Å².